The van der Waals surface area contributed by atoms with Gasteiger partial charge in [0.1, 0.15) is 0 Å². The van der Waals surface area contributed by atoms with Crippen LogP contribution in [0.1, 0.15) is 51.5 Å². The minimum absolute atomic E-state index is 0.0226. The summed E-state index contributed by atoms with van der Waals surface area (Å²) in [5.41, 5.74) is 6.22. The Kier molecular flexibility index (Phi) is 8.94. The second kappa shape index (κ2) is 12.0. The Bertz CT molecular complexity index is 950. The lowest BCUT2D eigenvalue weighted by molar-refractivity contribution is -0.148. The maximum Gasteiger partial charge on any atom is 0.308 e. The molecule has 0 aromatic heterocycles. The minimum Gasteiger partial charge on any atom is -0.481 e. The summed E-state index contributed by atoms with van der Waals surface area (Å²) in [5, 5.41) is 10.5. The van der Waals surface area contributed by atoms with Crippen LogP contribution in [0.3, 0.4) is 0 Å². The summed E-state index contributed by atoms with van der Waals surface area (Å²) in [7, 11) is 0. The summed E-state index contributed by atoms with van der Waals surface area (Å²) in [4.78, 5) is 30.1. The summed E-state index contributed by atoms with van der Waals surface area (Å²) in [6.45, 7) is 9.47. The molecule has 206 valence electrons. The molecule has 1 amide bonds. The Balaban J connectivity index is 1.63. The van der Waals surface area contributed by atoms with Crippen molar-refractivity contribution in [3.05, 3.63) is 23.8 Å². The van der Waals surface area contributed by atoms with Gasteiger partial charge in [-0.15, -0.1) is 0 Å². The molecule has 1 unspecified atom stereocenters. The number of hydrogen-bond acceptors (Lipinski definition) is 8. The normalized spacial score (nSPS) is 24.1. The molecule has 3 aliphatic heterocycles. The third-order valence-electron chi connectivity index (χ3n) is 7.72. The Labute approximate surface area is 219 Å². The van der Waals surface area contributed by atoms with Gasteiger partial charge in [-0.05, 0) is 30.5 Å². The molecule has 0 radical (unpaired) electrons. The zero-order valence-electron chi connectivity index (χ0n) is 22.2. The number of likely N-dealkylation sites (tertiary alicyclic amines) is 1. The number of unbranched alkanes of at least 4 members (excludes halogenated alkanes) is 1. The highest BCUT2D eigenvalue weighted by Gasteiger charge is 2.50. The highest BCUT2D eigenvalue weighted by Crippen LogP contribution is 2.46. The van der Waals surface area contributed by atoms with E-state index in [1.807, 2.05) is 36.9 Å². The standard InChI is InChI=1S/C27H41N3O7/c1-4-5-9-29(10-8-28)23(31)16-30-15-19(18-6-7-21-22(13-18)37-17-36-21)24(25(32)33)20(30)14-27(2,3)26-34-11-12-35-26/h6-7,13,19-20,24,26H,4-5,8-12,14-17,28H2,1-3H3,(H,32,33)/t19-,20+,24?/m1/s1. The number of nitrogens with zero attached hydrogens (tertiary/aromatic N) is 2. The fourth-order valence-electron chi connectivity index (χ4n) is 5.81. The molecular formula is C27H41N3O7. The van der Waals surface area contributed by atoms with Crippen molar-refractivity contribution in [1.29, 1.82) is 0 Å². The average molecular weight is 520 g/mol. The number of nitrogens with two attached hydrogens (primary N) is 1. The van der Waals surface area contributed by atoms with E-state index in [0.717, 1.165) is 18.4 Å². The second-order valence-electron chi connectivity index (χ2n) is 10.9. The van der Waals surface area contributed by atoms with Gasteiger partial charge in [0.15, 0.2) is 17.8 Å². The number of amides is 1. The van der Waals surface area contributed by atoms with Gasteiger partial charge >= 0.3 is 5.97 Å². The first-order valence-electron chi connectivity index (χ1n) is 13.3. The zero-order valence-corrected chi connectivity index (χ0v) is 22.2. The number of rotatable bonds is 12. The first-order valence-corrected chi connectivity index (χ1v) is 13.3. The van der Waals surface area contributed by atoms with Gasteiger partial charge < -0.3 is 34.7 Å². The van der Waals surface area contributed by atoms with Crippen LogP contribution < -0.4 is 15.2 Å². The van der Waals surface area contributed by atoms with E-state index < -0.39 is 23.6 Å². The molecule has 1 aromatic carbocycles. The number of carboxylic acids is 1. The van der Waals surface area contributed by atoms with Crippen molar-refractivity contribution in [3.63, 3.8) is 0 Å². The maximum atomic E-state index is 13.4. The van der Waals surface area contributed by atoms with E-state index in [1.165, 1.54) is 0 Å². The van der Waals surface area contributed by atoms with E-state index in [9.17, 15) is 14.7 Å². The van der Waals surface area contributed by atoms with Gasteiger partial charge in [-0.3, -0.25) is 14.5 Å². The van der Waals surface area contributed by atoms with E-state index in [-0.39, 0.29) is 31.2 Å². The largest absolute Gasteiger partial charge is 0.481 e. The molecule has 3 N–H and O–H groups in total. The van der Waals surface area contributed by atoms with Crippen molar-refractivity contribution in [2.24, 2.45) is 17.1 Å². The van der Waals surface area contributed by atoms with Crippen LogP contribution in [0.4, 0.5) is 0 Å². The Morgan fingerprint density at radius 3 is 2.57 bits per heavy atom. The highest BCUT2D eigenvalue weighted by molar-refractivity contribution is 5.79. The monoisotopic (exact) mass is 519 g/mol. The molecule has 3 atom stereocenters. The lowest BCUT2D eigenvalue weighted by Crippen LogP contribution is -2.48. The fourth-order valence-corrected chi connectivity index (χ4v) is 5.81. The van der Waals surface area contributed by atoms with Gasteiger partial charge in [0.25, 0.3) is 0 Å². The average Bonchev–Trinajstić information content (AvgIpc) is 3.61. The minimum atomic E-state index is -0.878. The third kappa shape index (κ3) is 6.19. The molecule has 10 heteroatoms. The molecule has 3 aliphatic rings. The van der Waals surface area contributed by atoms with Crippen LogP contribution in [0.2, 0.25) is 0 Å². The number of hydrogen-bond donors (Lipinski definition) is 2. The molecule has 4 rings (SSSR count). The number of carbonyl (C=O) groups is 2. The van der Waals surface area contributed by atoms with Crippen molar-refractivity contribution in [2.75, 3.05) is 52.7 Å². The van der Waals surface area contributed by atoms with Crippen molar-refractivity contribution in [3.8, 4) is 11.5 Å². The van der Waals surface area contributed by atoms with E-state index in [1.54, 1.807) is 4.90 Å². The Hall–Kier alpha value is -2.40. The topological polar surface area (TPSA) is 124 Å². The van der Waals surface area contributed by atoms with Crippen molar-refractivity contribution in [2.45, 2.75) is 58.3 Å². The van der Waals surface area contributed by atoms with Gasteiger partial charge in [0.2, 0.25) is 12.7 Å². The summed E-state index contributed by atoms with van der Waals surface area (Å²) in [5.74, 6) is -0.657. The molecule has 0 aliphatic carbocycles. The smallest absolute Gasteiger partial charge is 0.308 e. The number of carbonyl (C=O) groups excluding carboxylic acids is 1. The second-order valence-corrected chi connectivity index (χ2v) is 10.9. The molecule has 3 heterocycles. The molecule has 0 saturated carbocycles. The molecular weight excluding hydrogens is 478 g/mol. The SMILES string of the molecule is CCCCN(CCN)C(=O)CN1C[C@H](c2ccc3c(c2)OCO3)C(C(=O)O)[C@@H]1CC(C)(C)C1OCCO1. The van der Waals surface area contributed by atoms with Crippen LogP contribution >= 0.6 is 0 Å². The number of ether oxygens (including phenoxy) is 4. The first kappa shape index (κ1) is 27.6. The predicted octanol–water partition coefficient (Wildman–Crippen LogP) is 2.26. The number of carboxylic acid groups (broad SMARTS) is 1. The fraction of sp³-hybridized carbons (Fsp3) is 0.704. The van der Waals surface area contributed by atoms with Crippen molar-refractivity contribution < 1.29 is 33.6 Å². The van der Waals surface area contributed by atoms with Crippen LogP contribution in [0.15, 0.2) is 18.2 Å². The number of aliphatic carboxylic acids is 1. The molecule has 0 bridgehead atoms. The quantitative estimate of drug-likeness (QED) is 0.428. The summed E-state index contributed by atoms with van der Waals surface area (Å²) in [6, 6.07) is 5.23. The van der Waals surface area contributed by atoms with E-state index >= 15 is 0 Å². The van der Waals surface area contributed by atoms with E-state index in [0.29, 0.717) is 57.3 Å². The molecule has 1 aromatic rings. The molecule has 2 fully saturated rings. The first-order chi connectivity index (χ1) is 17.7. The molecule has 37 heavy (non-hydrogen) atoms. The van der Waals surface area contributed by atoms with Crippen LogP contribution in [0.5, 0.6) is 11.5 Å². The Morgan fingerprint density at radius 1 is 1.16 bits per heavy atom. The van der Waals surface area contributed by atoms with E-state index in [4.69, 9.17) is 24.7 Å². The predicted molar refractivity (Wildman–Crippen MR) is 136 cm³/mol. The van der Waals surface area contributed by atoms with Crippen LogP contribution in [-0.2, 0) is 19.1 Å². The summed E-state index contributed by atoms with van der Waals surface area (Å²) >= 11 is 0. The van der Waals surface area contributed by atoms with Crippen molar-refractivity contribution >= 4 is 11.9 Å². The van der Waals surface area contributed by atoms with Gasteiger partial charge in [-0.1, -0.05) is 33.3 Å². The Morgan fingerprint density at radius 2 is 1.89 bits per heavy atom. The highest BCUT2D eigenvalue weighted by atomic mass is 16.7. The summed E-state index contributed by atoms with van der Waals surface area (Å²) < 4.78 is 22.6. The number of benzene rings is 1. The van der Waals surface area contributed by atoms with Crippen LogP contribution in [0, 0.1) is 11.3 Å². The van der Waals surface area contributed by atoms with E-state index in [2.05, 4.69) is 6.92 Å². The molecule has 2 saturated heterocycles. The summed E-state index contributed by atoms with van der Waals surface area (Å²) in [6.07, 6.45) is 1.97. The van der Waals surface area contributed by atoms with Crippen molar-refractivity contribution in [1.82, 2.24) is 9.80 Å². The molecule has 0 spiro atoms. The van der Waals surface area contributed by atoms with Gasteiger partial charge in [-0.2, -0.15) is 0 Å². The van der Waals surface area contributed by atoms with Gasteiger partial charge in [-0.25, -0.2) is 0 Å². The lowest BCUT2D eigenvalue weighted by Gasteiger charge is -2.37. The van der Waals surface area contributed by atoms with Crippen LogP contribution in [-0.4, -0.2) is 91.8 Å². The number of fused-ring (bicyclic) bond motifs is 1. The van der Waals surface area contributed by atoms with Gasteiger partial charge in [0.05, 0.1) is 25.7 Å². The zero-order chi connectivity index (χ0) is 26.6. The lowest BCUT2D eigenvalue weighted by atomic mass is 9.77. The van der Waals surface area contributed by atoms with Crippen LogP contribution in [0.25, 0.3) is 0 Å². The molecule has 10 nitrogen and oxygen atoms in total. The maximum absolute atomic E-state index is 13.4. The third-order valence-corrected chi connectivity index (χ3v) is 7.72. The van der Waals surface area contributed by atoms with Gasteiger partial charge in [0, 0.05) is 43.6 Å².